The summed E-state index contributed by atoms with van der Waals surface area (Å²) in [5.74, 6) is 1.38. The molecule has 0 radical (unpaired) electrons. The van der Waals surface area contributed by atoms with Crippen LogP contribution in [0, 0.1) is 38.9 Å². The Morgan fingerprint density at radius 2 is 1.50 bits per heavy atom. The van der Waals surface area contributed by atoms with E-state index in [-0.39, 0.29) is 21.8 Å². The Morgan fingerprint density at radius 1 is 0.941 bits per heavy atom. The monoisotopic (exact) mass is 453 g/mol. The van der Waals surface area contributed by atoms with Crippen LogP contribution in [0.15, 0.2) is 53.0 Å². The van der Waals surface area contributed by atoms with Gasteiger partial charge in [-0.05, 0) is 70.7 Å². The Labute approximate surface area is 204 Å². The Bertz CT molecular complexity index is 1180. The molecule has 0 fully saturated rings. The molecule has 0 saturated heterocycles. The minimum Gasteiger partial charge on any atom is -0.461 e. The zero-order valence-electron chi connectivity index (χ0n) is 21.5. The van der Waals surface area contributed by atoms with E-state index in [1.54, 1.807) is 12.2 Å². The van der Waals surface area contributed by atoms with Crippen LogP contribution in [0.4, 0.5) is 5.69 Å². The van der Waals surface area contributed by atoms with Gasteiger partial charge in [0, 0.05) is 29.8 Å². The quantitative estimate of drug-likeness (QED) is 0.459. The van der Waals surface area contributed by atoms with Crippen LogP contribution in [-0.4, -0.2) is 13.1 Å². The molecule has 0 aromatic heterocycles. The molecular weight excluding hydrogens is 418 g/mol. The van der Waals surface area contributed by atoms with Crippen LogP contribution >= 0.6 is 0 Å². The fourth-order valence-corrected chi connectivity index (χ4v) is 5.40. The largest absolute Gasteiger partial charge is 0.461 e. The van der Waals surface area contributed by atoms with Crippen LogP contribution in [-0.2, 0) is 17.6 Å². The third kappa shape index (κ3) is 4.83. The van der Waals surface area contributed by atoms with Crippen molar-refractivity contribution in [1.29, 1.82) is 10.5 Å². The molecule has 0 amide bonds. The second-order valence-corrected chi connectivity index (χ2v) is 12.5. The van der Waals surface area contributed by atoms with Crippen LogP contribution in [0.3, 0.4) is 0 Å². The zero-order chi connectivity index (χ0) is 24.9. The molecular formula is C30H35N3O. The van der Waals surface area contributed by atoms with E-state index in [9.17, 15) is 10.5 Å². The summed E-state index contributed by atoms with van der Waals surface area (Å²) in [5.41, 5.74) is 6.39. The van der Waals surface area contributed by atoms with Crippen LogP contribution in [0.5, 0.6) is 0 Å². The molecule has 0 N–H and O–H groups in total. The van der Waals surface area contributed by atoms with Gasteiger partial charge in [0.05, 0.1) is 0 Å². The first kappa shape index (κ1) is 23.9. The smallest absolute Gasteiger partial charge is 0.137 e. The number of hydrogen-bond acceptors (Lipinski definition) is 4. The lowest BCUT2D eigenvalue weighted by atomic mass is 9.73. The highest BCUT2D eigenvalue weighted by atomic mass is 16.5. The van der Waals surface area contributed by atoms with Crippen molar-refractivity contribution in [1.82, 2.24) is 0 Å². The number of nitriles is 2. The lowest BCUT2D eigenvalue weighted by molar-refractivity contribution is 0.223. The van der Waals surface area contributed by atoms with Gasteiger partial charge in [0.15, 0.2) is 0 Å². The van der Waals surface area contributed by atoms with E-state index in [0.29, 0.717) is 11.3 Å². The summed E-state index contributed by atoms with van der Waals surface area (Å²) in [5, 5.41) is 18.8. The molecule has 1 aromatic rings. The second-order valence-electron chi connectivity index (χ2n) is 12.5. The van der Waals surface area contributed by atoms with Crippen molar-refractivity contribution in [2.45, 2.75) is 61.3 Å². The van der Waals surface area contributed by atoms with E-state index in [1.165, 1.54) is 16.8 Å². The summed E-state index contributed by atoms with van der Waals surface area (Å²) >= 11 is 0. The van der Waals surface area contributed by atoms with E-state index in [4.69, 9.17) is 4.74 Å². The van der Waals surface area contributed by atoms with E-state index in [1.807, 2.05) is 18.2 Å². The third-order valence-electron chi connectivity index (χ3n) is 6.69. The Hall–Kier alpha value is -3.24. The molecule has 0 atom stereocenters. The first-order valence-electron chi connectivity index (χ1n) is 12.1. The topological polar surface area (TPSA) is 60.1 Å². The summed E-state index contributed by atoms with van der Waals surface area (Å²) in [4.78, 5) is 2.60. The van der Waals surface area contributed by atoms with Gasteiger partial charge in [0.1, 0.15) is 29.2 Å². The van der Waals surface area contributed by atoms with Crippen molar-refractivity contribution in [2.75, 3.05) is 18.0 Å². The van der Waals surface area contributed by atoms with Crippen LogP contribution < -0.4 is 4.90 Å². The summed E-state index contributed by atoms with van der Waals surface area (Å²) < 4.78 is 6.18. The highest BCUT2D eigenvalue weighted by molar-refractivity contribution is 5.69. The first-order chi connectivity index (χ1) is 15.8. The molecule has 3 aliphatic rings. The Morgan fingerprint density at radius 3 is 2.00 bits per heavy atom. The SMILES string of the molecule is CC1(C)Cc2cc(/C=C/C3=CC(=C(C#N)C#N)C=C(C(C)(C)C)O3)cc3c2N(C1)CC(C)(C)C3. The standard InChI is InChI=1S/C30H35N3O/c1-28(2,3)26-13-21(24(16-31)17-32)12-25(34-26)9-8-20-10-22-14-29(4,5)18-33-19-30(6,7)15-23(11-20)27(22)33/h8-13H,14-15,18-19H2,1-7H3/b9-8+. The fraction of sp³-hybridized carbons (Fsp3) is 0.467. The van der Waals surface area contributed by atoms with Crippen LogP contribution in [0.2, 0.25) is 0 Å². The predicted octanol–water partition coefficient (Wildman–Crippen LogP) is 6.86. The number of rotatable bonds is 2. The molecule has 0 spiro atoms. The van der Waals surface area contributed by atoms with Gasteiger partial charge in [-0.25, -0.2) is 0 Å². The molecule has 176 valence electrons. The van der Waals surface area contributed by atoms with Gasteiger partial charge < -0.3 is 9.64 Å². The second kappa shape index (κ2) is 8.21. The number of anilines is 1. The maximum absolute atomic E-state index is 9.39. The molecule has 0 unspecified atom stereocenters. The molecule has 3 aliphatic heterocycles. The molecule has 0 saturated carbocycles. The molecule has 34 heavy (non-hydrogen) atoms. The zero-order valence-corrected chi connectivity index (χ0v) is 21.5. The number of ether oxygens (including phenoxy) is 1. The normalized spacial score (nSPS) is 20.5. The molecule has 3 heterocycles. The van der Waals surface area contributed by atoms with Crippen molar-refractivity contribution in [3.05, 3.63) is 69.7 Å². The van der Waals surface area contributed by atoms with Crippen molar-refractivity contribution < 1.29 is 4.74 Å². The van der Waals surface area contributed by atoms with Crippen molar-refractivity contribution >= 4 is 11.8 Å². The fourth-order valence-electron chi connectivity index (χ4n) is 5.40. The van der Waals surface area contributed by atoms with E-state index in [0.717, 1.165) is 37.3 Å². The molecule has 4 rings (SSSR count). The molecule has 0 bridgehead atoms. The Kier molecular flexibility index (Phi) is 5.77. The van der Waals surface area contributed by atoms with Gasteiger partial charge in [-0.2, -0.15) is 10.5 Å². The highest BCUT2D eigenvalue weighted by Crippen LogP contribution is 2.45. The third-order valence-corrected chi connectivity index (χ3v) is 6.69. The summed E-state index contributed by atoms with van der Waals surface area (Å²) in [6, 6.07) is 8.65. The molecule has 4 nitrogen and oxygen atoms in total. The molecule has 0 aliphatic carbocycles. The van der Waals surface area contributed by atoms with Crippen LogP contribution in [0.25, 0.3) is 6.08 Å². The summed E-state index contributed by atoms with van der Waals surface area (Å²) in [6.45, 7) is 17.8. The van der Waals surface area contributed by atoms with E-state index < -0.39 is 0 Å². The lowest BCUT2D eigenvalue weighted by Gasteiger charge is -2.48. The van der Waals surface area contributed by atoms with Gasteiger partial charge in [-0.1, -0.05) is 54.5 Å². The average Bonchev–Trinajstić information content (AvgIpc) is 2.70. The highest BCUT2D eigenvalue weighted by Gasteiger charge is 2.38. The maximum Gasteiger partial charge on any atom is 0.137 e. The summed E-state index contributed by atoms with van der Waals surface area (Å²) in [6.07, 6.45) is 9.79. The number of nitrogens with zero attached hydrogens (tertiary/aromatic N) is 3. The van der Waals surface area contributed by atoms with Crippen LogP contribution in [0.1, 0.15) is 65.2 Å². The van der Waals surface area contributed by atoms with Gasteiger partial charge in [-0.3, -0.25) is 0 Å². The van der Waals surface area contributed by atoms with Gasteiger partial charge >= 0.3 is 0 Å². The van der Waals surface area contributed by atoms with Crippen molar-refractivity contribution in [2.24, 2.45) is 16.2 Å². The average molecular weight is 454 g/mol. The van der Waals surface area contributed by atoms with Crippen molar-refractivity contribution in [3.8, 4) is 12.1 Å². The minimum atomic E-state index is -0.245. The van der Waals surface area contributed by atoms with E-state index >= 15 is 0 Å². The van der Waals surface area contributed by atoms with Gasteiger partial charge in [-0.15, -0.1) is 0 Å². The molecule has 1 aromatic carbocycles. The van der Waals surface area contributed by atoms with Gasteiger partial charge in [0.2, 0.25) is 0 Å². The lowest BCUT2D eigenvalue weighted by Crippen LogP contribution is -2.48. The Balaban J connectivity index is 1.73. The van der Waals surface area contributed by atoms with Crippen molar-refractivity contribution in [3.63, 3.8) is 0 Å². The summed E-state index contributed by atoms with van der Waals surface area (Å²) in [7, 11) is 0. The predicted molar refractivity (Wildman–Crippen MR) is 138 cm³/mol. The maximum atomic E-state index is 9.39. The number of benzene rings is 1. The van der Waals surface area contributed by atoms with E-state index in [2.05, 4.69) is 71.6 Å². The van der Waals surface area contributed by atoms with Gasteiger partial charge in [0.25, 0.3) is 0 Å². The number of allylic oxidation sites excluding steroid dienone is 6. The number of hydrogen-bond donors (Lipinski definition) is 0. The minimum absolute atomic E-state index is 0.0960. The molecule has 4 heteroatoms. The first-order valence-corrected chi connectivity index (χ1v) is 12.1.